The quantitative estimate of drug-likeness (QED) is 0.398. The Kier molecular flexibility index (Phi) is 6.97. The van der Waals surface area contributed by atoms with Gasteiger partial charge in [-0.15, -0.1) is 13.2 Å². The van der Waals surface area contributed by atoms with Crippen LogP contribution in [0.4, 0.5) is 18.9 Å². The molecule has 0 bridgehead atoms. The van der Waals surface area contributed by atoms with Crippen LogP contribution in [0.15, 0.2) is 76.9 Å². The molecule has 7 nitrogen and oxygen atoms in total. The summed E-state index contributed by atoms with van der Waals surface area (Å²) in [4.78, 5) is 25.8. The van der Waals surface area contributed by atoms with Crippen LogP contribution in [0.5, 0.6) is 17.2 Å². The lowest BCUT2D eigenvalue weighted by molar-refractivity contribution is -0.274. The highest BCUT2D eigenvalue weighted by Crippen LogP contribution is 2.37. The molecule has 35 heavy (non-hydrogen) atoms. The summed E-state index contributed by atoms with van der Waals surface area (Å²) in [7, 11) is 0. The molecule has 1 heterocycles. The summed E-state index contributed by atoms with van der Waals surface area (Å²) >= 11 is 3.41. The van der Waals surface area contributed by atoms with E-state index in [9.17, 15) is 22.8 Å². The third-order valence-corrected chi connectivity index (χ3v) is 5.35. The van der Waals surface area contributed by atoms with E-state index in [2.05, 4.69) is 31.3 Å². The molecule has 0 saturated heterocycles. The third kappa shape index (κ3) is 6.33. The molecule has 0 aliphatic carbocycles. The molecule has 2 N–H and O–H groups in total. The summed E-state index contributed by atoms with van der Waals surface area (Å²) in [5.41, 5.74) is 0.912. The van der Waals surface area contributed by atoms with Crippen LogP contribution in [0.1, 0.15) is 15.9 Å². The number of carbonyl (C=O) groups excluding carboxylic acids is 2. The van der Waals surface area contributed by atoms with E-state index < -0.39 is 23.9 Å². The minimum Gasteiger partial charge on any atom is -0.454 e. The average molecular weight is 549 g/mol. The van der Waals surface area contributed by atoms with Crippen LogP contribution < -0.4 is 24.8 Å². The van der Waals surface area contributed by atoms with Crippen LogP contribution in [0.3, 0.4) is 0 Å². The number of halogens is 4. The lowest BCUT2D eigenvalue weighted by atomic mass is 10.1. The summed E-state index contributed by atoms with van der Waals surface area (Å²) in [6, 6.07) is 16.2. The number of benzene rings is 3. The Hall–Kier alpha value is -3.99. The van der Waals surface area contributed by atoms with Gasteiger partial charge in [-0.3, -0.25) is 9.59 Å². The Bertz CT molecular complexity index is 1280. The number of nitrogens with one attached hydrogen (secondary N) is 2. The fraction of sp³-hybridized carbons (Fsp3) is 0.0833. The number of amides is 2. The van der Waals surface area contributed by atoms with Crippen molar-refractivity contribution in [3.05, 3.63) is 88.0 Å². The standard InChI is InChI=1S/C24H16BrF3N2O5/c25-18-12-21-20(33-13-34-21)11-15(18)10-19(30-22(31)14-4-2-1-3-5-14)23(32)29-16-6-8-17(9-7-16)35-24(26,27)28/h1-12H,13H2,(H,29,32)(H,30,31)/b19-10+. The summed E-state index contributed by atoms with van der Waals surface area (Å²) in [5, 5.41) is 5.13. The van der Waals surface area contributed by atoms with Crippen LogP contribution in [0.2, 0.25) is 0 Å². The number of ether oxygens (including phenoxy) is 3. The van der Waals surface area contributed by atoms with Crippen molar-refractivity contribution in [2.45, 2.75) is 6.36 Å². The maximum Gasteiger partial charge on any atom is 0.573 e. The molecule has 11 heteroatoms. The van der Waals surface area contributed by atoms with Crippen LogP contribution in [0.25, 0.3) is 6.08 Å². The van der Waals surface area contributed by atoms with Gasteiger partial charge in [-0.05, 0) is 60.2 Å². The highest BCUT2D eigenvalue weighted by atomic mass is 79.9. The van der Waals surface area contributed by atoms with Crippen LogP contribution >= 0.6 is 15.9 Å². The van der Waals surface area contributed by atoms with E-state index in [1.54, 1.807) is 42.5 Å². The van der Waals surface area contributed by atoms with E-state index in [0.29, 0.717) is 27.1 Å². The van der Waals surface area contributed by atoms with Gasteiger partial charge in [0.1, 0.15) is 11.4 Å². The molecule has 0 spiro atoms. The Morgan fingerprint density at radius 1 is 0.971 bits per heavy atom. The van der Waals surface area contributed by atoms with Gasteiger partial charge in [0.15, 0.2) is 11.5 Å². The number of hydrogen-bond donors (Lipinski definition) is 2. The van der Waals surface area contributed by atoms with Gasteiger partial charge >= 0.3 is 6.36 Å². The highest BCUT2D eigenvalue weighted by molar-refractivity contribution is 9.10. The van der Waals surface area contributed by atoms with Gasteiger partial charge in [0, 0.05) is 15.7 Å². The normalized spacial score (nSPS) is 12.7. The molecule has 4 rings (SSSR count). The smallest absolute Gasteiger partial charge is 0.454 e. The maximum atomic E-state index is 13.1. The second-order valence-electron chi connectivity index (χ2n) is 7.13. The van der Waals surface area contributed by atoms with Crippen molar-refractivity contribution in [1.29, 1.82) is 0 Å². The Morgan fingerprint density at radius 3 is 2.29 bits per heavy atom. The van der Waals surface area contributed by atoms with Gasteiger partial charge in [0.25, 0.3) is 11.8 Å². The van der Waals surface area contributed by atoms with E-state index in [1.807, 2.05) is 0 Å². The van der Waals surface area contributed by atoms with E-state index in [0.717, 1.165) is 12.1 Å². The van der Waals surface area contributed by atoms with Crippen molar-refractivity contribution in [3.8, 4) is 17.2 Å². The Morgan fingerprint density at radius 2 is 1.63 bits per heavy atom. The van der Waals surface area contributed by atoms with Crippen LogP contribution in [-0.2, 0) is 4.79 Å². The molecule has 0 aromatic heterocycles. The van der Waals surface area contributed by atoms with Crippen molar-refractivity contribution >= 4 is 39.5 Å². The van der Waals surface area contributed by atoms with Gasteiger partial charge in [-0.25, -0.2) is 0 Å². The zero-order valence-electron chi connectivity index (χ0n) is 17.7. The van der Waals surface area contributed by atoms with Crippen molar-refractivity contribution in [1.82, 2.24) is 5.32 Å². The Labute approximate surface area is 205 Å². The van der Waals surface area contributed by atoms with E-state index in [4.69, 9.17) is 9.47 Å². The minimum absolute atomic E-state index is 0.0566. The van der Waals surface area contributed by atoms with Crippen LogP contribution in [0, 0.1) is 0 Å². The SMILES string of the molecule is O=C(Nc1ccc(OC(F)(F)F)cc1)/C(=C\c1cc2c(cc1Br)OCO2)NC(=O)c1ccccc1. The second-order valence-corrected chi connectivity index (χ2v) is 7.99. The van der Waals surface area contributed by atoms with E-state index in [-0.39, 0.29) is 18.2 Å². The van der Waals surface area contributed by atoms with Gasteiger partial charge in [0.05, 0.1) is 0 Å². The molecular weight excluding hydrogens is 533 g/mol. The maximum absolute atomic E-state index is 13.1. The molecule has 3 aromatic rings. The van der Waals surface area contributed by atoms with Gasteiger partial charge < -0.3 is 24.8 Å². The molecule has 0 radical (unpaired) electrons. The molecule has 1 aliphatic rings. The molecule has 1 aliphatic heterocycles. The van der Waals surface area contributed by atoms with Crippen molar-refractivity contribution in [3.63, 3.8) is 0 Å². The molecule has 0 unspecified atom stereocenters. The predicted octanol–water partition coefficient (Wildman–Crippen LogP) is 5.49. The first-order chi connectivity index (χ1) is 16.7. The summed E-state index contributed by atoms with van der Waals surface area (Å²) < 4.78 is 52.3. The topological polar surface area (TPSA) is 85.9 Å². The first kappa shape index (κ1) is 24.1. The summed E-state index contributed by atoms with van der Waals surface area (Å²) in [6.45, 7) is 0.0566. The molecule has 180 valence electrons. The molecule has 0 saturated carbocycles. The molecule has 0 fully saturated rings. The van der Waals surface area contributed by atoms with Crippen molar-refractivity contribution in [2.75, 3.05) is 12.1 Å². The predicted molar refractivity (Wildman–Crippen MR) is 124 cm³/mol. The number of anilines is 1. The molecular formula is C24H16BrF3N2O5. The number of rotatable bonds is 6. The third-order valence-electron chi connectivity index (χ3n) is 4.67. The summed E-state index contributed by atoms with van der Waals surface area (Å²) in [5.74, 6) is -0.683. The largest absolute Gasteiger partial charge is 0.573 e. The molecule has 3 aromatic carbocycles. The molecule has 2 amide bonds. The average Bonchev–Trinajstić information content (AvgIpc) is 3.26. The monoisotopic (exact) mass is 548 g/mol. The van der Waals surface area contributed by atoms with Gasteiger partial charge in [-0.1, -0.05) is 34.1 Å². The van der Waals surface area contributed by atoms with Gasteiger partial charge in [0.2, 0.25) is 6.79 Å². The zero-order valence-corrected chi connectivity index (χ0v) is 19.3. The van der Waals surface area contributed by atoms with Gasteiger partial charge in [-0.2, -0.15) is 0 Å². The minimum atomic E-state index is -4.83. The number of fused-ring (bicyclic) bond motifs is 1. The number of hydrogen-bond acceptors (Lipinski definition) is 5. The van der Waals surface area contributed by atoms with Crippen molar-refractivity contribution < 1.29 is 37.0 Å². The fourth-order valence-corrected chi connectivity index (χ4v) is 3.52. The first-order valence-corrected chi connectivity index (χ1v) is 10.8. The highest BCUT2D eigenvalue weighted by Gasteiger charge is 2.31. The van der Waals surface area contributed by atoms with E-state index in [1.165, 1.54) is 18.2 Å². The lowest BCUT2D eigenvalue weighted by Gasteiger charge is -2.13. The molecule has 0 atom stereocenters. The van der Waals surface area contributed by atoms with E-state index >= 15 is 0 Å². The first-order valence-electron chi connectivity index (χ1n) is 10.0. The Balaban J connectivity index is 1.60. The number of alkyl halides is 3. The lowest BCUT2D eigenvalue weighted by Crippen LogP contribution is -2.30. The zero-order chi connectivity index (χ0) is 25.0. The number of carbonyl (C=O) groups is 2. The van der Waals surface area contributed by atoms with Crippen LogP contribution in [-0.4, -0.2) is 25.0 Å². The second kappa shape index (κ2) is 10.1. The fourth-order valence-electron chi connectivity index (χ4n) is 3.08. The summed E-state index contributed by atoms with van der Waals surface area (Å²) in [6.07, 6.45) is -3.40. The van der Waals surface area contributed by atoms with Crippen molar-refractivity contribution in [2.24, 2.45) is 0 Å².